The van der Waals surface area contributed by atoms with Gasteiger partial charge in [0.2, 0.25) is 0 Å². The second kappa shape index (κ2) is 6.46. The van der Waals surface area contributed by atoms with Crippen molar-refractivity contribution in [3.8, 4) is 0 Å². The Kier molecular flexibility index (Phi) is 5.94. The third-order valence-corrected chi connectivity index (χ3v) is 1.49. The minimum Gasteiger partial charge on any atom is -0.497 e. The fraction of sp³-hybridized carbons (Fsp3) is 0.545. The first-order chi connectivity index (χ1) is 6.10. The maximum Gasteiger partial charge on any atom is 0.113 e. The molecule has 0 N–H and O–H groups in total. The van der Waals surface area contributed by atoms with Gasteiger partial charge in [0.15, 0.2) is 0 Å². The SMILES string of the molecule is C=C(/C=C(\CC)N=CC(C)C)OC. The third-order valence-electron chi connectivity index (χ3n) is 1.49. The van der Waals surface area contributed by atoms with Crippen molar-refractivity contribution >= 4 is 6.21 Å². The van der Waals surface area contributed by atoms with E-state index in [-0.39, 0.29) is 0 Å². The number of rotatable bonds is 5. The standard InChI is InChI=1S/C11H19NO/c1-6-11(7-10(4)13-5)12-8-9(2)3/h7-9H,4,6H2,1-3,5H3/b11-7+,12-8?. The largest absolute Gasteiger partial charge is 0.497 e. The molecule has 0 aromatic carbocycles. The molecule has 0 radical (unpaired) electrons. The van der Waals surface area contributed by atoms with Crippen LogP contribution in [0.4, 0.5) is 0 Å². The van der Waals surface area contributed by atoms with E-state index in [2.05, 4.69) is 32.3 Å². The summed E-state index contributed by atoms with van der Waals surface area (Å²) in [6.45, 7) is 9.98. The van der Waals surface area contributed by atoms with Gasteiger partial charge in [-0.1, -0.05) is 27.4 Å². The fourth-order valence-corrected chi connectivity index (χ4v) is 0.720. The van der Waals surface area contributed by atoms with Gasteiger partial charge in [0.1, 0.15) is 5.76 Å². The van der Waals surface area contributed by atoms with Gasteiger partial charge in [0.25, 0.3) is 0 Å². The first-order valence-corrected chi connectivity index (χ1v) is 4.57. The molecule has 0 rings (SSSR count). The molecule has 0 spiro atoms. The van der Waals surface area contributed by atoms with Gasteiger partial charge in [0.05, 0.1) is 7.11 Å². The Balaban J connectivity index is 4.33. The number of hydrogen-bond acceptors (Lipinski definition) is 2. The number of hydrogen-bond donors (Lipinski definition) is 0. The maximum absolute atomic E-state index is 4.94. The minimum atomic E-state index is 0.478. The van der Waals surface area contributed by atoms with Crippen molar-refractivity contribution in [1.82, 2.24) is 0 Å². The number of nitrogens with zero attached hydrogens (tertiary/aromatic N) is 1. The van der Waals surface area contributed by atoms with Crippen LogP contribution in [0.25, 0.3) is 0 Å². The molecule has 0 aliphatic carbocycles. The monoisotopic (exact) mass is 181 g/mol. The lowest BCUT2D eigenvalue weighted by Gasteiger charge is -2.01. The summed E-state index contributed by atoms with van der Waals surface area (Å²) in [5, 5.41) is 0. The average molecular weight is 181 g/mol. The Labute approximate surface area is 81.0 Å². The van der Waals surface area contributed by atoms with E-state index < -0.39 is 0 Å². The van der Waals surface area contributed by atoms with Crippen molar-refractivity contribution in [1.29, 1.82) is 0 Å². The van der Waals surface area contributed by atoms with E-state index in [4.69, 9.17) is 4.74 Å². The molecule has 74 valence electrons. The summed E-state index contributed by atoms with van der Waals surface area (Å²) < 4.78 is 4.94. The maximum atomic E-state index is 4.94. The molecular formula is C11H19NO. The van der Waals surface area contributed by atoms with Crippen molar-refractivity contribution in [2.45, 2.75) is 27.2 Å². The van der Waals surface area contributed by atoms with Gasteiger partial charge in [-0.05, 0) is 12.3 Å². The fourth-order valence-electron chi connectivity index (χ4n) is 0.720. The zero-order chi connectivity index (χ0) is 10.3. The van der Waals surface area contributed by atoms with Crippen LogP contribution in [0.5, 0.6) is 0 Å². The average Bonchev–Trinajstić information content (AvgIpc) is 2.11. The Morgan fingerprint density at radius 3 is 2.54 bits per heavy atom. The van der Waals surface area contributed by atoms with Crippen LogP contribution in [0.15, 0.2) is 29.1 Å². The molecule has 0 aromatic heterocycles. The molecule has 0 amide bonds. The van der Waals surface area contributed by atoms with E-state index in [1.165, 1.54) is 0 Å². The van der Waals surface area contributed by atoms with Crippen LogP contribution in [0.1, 0.15) is 27.2 Å². The van der Waals surface area contributed by atoms with Crippen molar-refractivity contribution in [3.05, 3.63) is 24.1 Å². The van der Waals surface area contributed by atoms with E-state index in [9.17, 15) is 0 Å². The molecule has 0 atom stereocenters. The number of aliphatic imine (C=N–C) groups is 1. The van der Waals surface area contributed by atoms with Crippen LogP contribution in [-0.2, 0) is 4.74 Å². The lowest BCUT2D eigenvalue weighted by atomic mass is 10.2. The molecule has 0 saturated carbocycles. The first kappa shape index (κ1) is 11.9. The van der Waals surface area contributed by atoms with Gasteiger partial charge in [-0.2, -0.15) is 0 Å². The highest BCUT2D eigenvalue weighted by Gasteiger charge is 1.93. The zero-order valence-corrected chi connectivity index (χ0v) is 9.00. The van der Waals surface area contributed by atoms with Crippen molar-refractivity contribution in [2.75, 3.05) is 7.11 Å². The van der Waals surface area contributed by atoms with E-state index in [0.29, 0.717) is 11.7 Å². The van der Waals surface area contributed by atoms with Crippen molar-refractivity contribution in [2.24, 2.45) is 10.9 Å². The summed E-state index contributed by atoms with van der Waals surface area (Å²) in [6, 6.07) is 0. The highest BCUT2D eigenvalue weighted by Crippen LogP contribution is 2.07. The van der Waals surface area contributed by atoms with Crippen LogP contribution in [0.2, 0.25) is 0 Å². The van der Waals surface area contributed by atoms with Crippen LogP contribution in [-0.4, -0.2) is 13.3 Å². The van der Waals surface area contributed by atoms with Gasteiger partial charge in [-0.3, -0.25) is 4.99 Å². The van der Waals surface area contributed by atoms with Crippen LogP contribution >= 0.6 is 0 Å². The summed E-state index contributed by atoms with van der Waals surface area (Å²) >= 11 is 0. The van der Waals surface area contributed by atoms with E-state index in [0.717, 1.165) is 12.1 Å². The number of methoxy groups -OCH3 is 1. The summed E-state index contributed by atoms with van der Waals surface area (Å²) in [5.74, 6) is 1.13. The van der Waals surface area contributed by atoms with E-state index in [1.54, 1.807) is 7.11 Å². The number of allylic oxidation sites excluding steroid dienone is 2. The molecular weight excluding hydrogens is 162 g/mol. The highest BCUT2D eigenvalue weighted by atomic mass is 16.5. The summed E-state index contributed by atoms with van der Waals surface area (Å²) in [7, 11) is 1.61. The first-order valence-electron chi connectivity index (χ1n) is 4.57. The Morgan fingerprint density at radius 1 is 1.54 bits per heavy atom. The quantitative estimate of drug-likeness (QED) is 0.362. The number of ether oxygens (including phenoxy) is 1. The summed E-state index contributed by atoms with van der Waals surface area (Å²) in [5.41, 5.74) is 1.00. The summed E-state index contributed by atoms with van der Waals surface area (Å²) in [4.78, 5) is 4.32. The molecule has 13 heavy (non-hydrogen) atoms. The summed E-state index contributed by atoms with van der Waals surface area (Å²) in [6.07, 6.45) is 4.68. The molecule has 2 heteroatoms. The van der Waals surface area contributed by atoms with Crippen LogP contribution < -0.4 is 0 Å². The molecule has 2 nitrogen and oxygen atoms in total. The van der Waals surface area contributed by atoms with Gasteiger partial charge >= 0.3 is 0 Å². The lowest BCUT2D eigenvalue weighted by Crippen LogP contribution is -1.89. The topological polar surface area (TPSA) is 21.6 Å². The zero-order valence-electron chi connectivity index (χ0n) is 9.00. The Hall–Kier alpha value is -1.05. The van der Waals surface area contributed by atoms with E-state index >= 15 is 0 Å². The molecule has 0 heterocycles. The predicted octanol–water partition coefficient (Wildman–Crippen LogP) is 3.17. The lowest BCUT2D eigenvalue weighted by molar-refractivity contribution is 0.308. The molecule has 0 saturated heterocycles. The third kappa shape index (κ3) is 6.14. The molecule has 0 aliphatic heterocycles. The molecule has 0 fully saturated rings. The molecule has 0 unspecified atom stereocenters. The van der Waals surface area contributed by atoms with E-state index in [1.807, 2.05) is 12.3 Å². The van der Waals surface area contributed by atoms with Gasteiger partial charge in [-0.15, -0.1) is 0 Å². The van der Waals surface area contributed by atoms with Crippen LogP contribution in [0, 0.1) is 5.92 Å². The van der Waals surface area contributed by atoms with Gasteiger partial charge < -0.3 is 4.74 Å². The molecule has 0 aliphatic rings. The second-order valence-electron chi connectivity index (χ2n) is 3.18. The second-order valence-corrected chi connectivity index (χ2v) is 3.18. The Bertz CT molecular complexity index is 214. The Morgan fingerprint density at radius 2 is 2.15 bits per heavy atom. The van der Waals surface area contributed by atoms with Gasteiger partial charge in [0, 0.05) is 18.0 Å². The normalized spacial score (nSPS) is 12.5. The highest BCUT2D eigenvalue weighted by molar-refractivity contribution is 5.61. The van der Waals surface area contributed by atoms with Gasteiger partial charge in [-0.25, -0.2) is 0 Å². The van der Waals surface area contributed by atoms with Crippen molar-refractivity contribution in [3.63, 3.8) is 0 Å². The van der Waals surface area contributed by atoms with Crippen LogP contribution in [0.3, 0.4) is 0 Å². The van der Waals surface area contributed by atoms with Crippen molar-refractivity contribution < 1.29 is 4.74 Å². The minimum absolute atomic E-state index is 0.478. The smallest absolute Gasteiger partial charge is 0.113 e. The predicted molar refractivity (Wildman–Crippen MR) is 57.9 cm³/mol. The molecule has 0 bridgehead atoms. The molecule has 0 aromatic rings.